The molecule has 1 fully saturated rings. The predicted molar refractivity (Wildman–Crippen MR) is 118 cm³/mol. The molecule has 0 saturated heterocycles. The summed E-state index contributed by atoms with van der Waals surface area (Å²) in [6.07, 6.45) is 3.60. The molecule has 0 aliphatic heterocycles. The molecule has 0 spiro atoms. The van der Waals surface area contributed by atoms with Crippen LogP contribution in [0.25, 0.3) is 0 Å². The lowest BCUT2D eigenvalue weighted by Crippen LogP contribution is -2.50. The predicted octanol–water partition coefficient (Wildman–Crippen LogP) is 4.17. The summed E-state index contributed by atoms with van der Waals surface area (Å²) in [6, 6.07) is 14.8. The molecule has 160 valence electrons. The van der Waals surface area contributed by atoms with Crippen LogP contribution in [-0.4, -0.2) is 36.5 Å². The molecular formula is C24H31N3O3. The second-order valence-electron chi connectivity index (χ2n) is 7.76. The molecule has 3 rings (SSSR count). The molecule has 1 saturated carbocycles. The first-order chi connectivity index (χ1) is 14.5. The molecule has 6 nitrogen and oxygen atoms in total. The maximum Gasteiger partial charge on any atom is 0.251 e. The molecule has 2 amide bonds. The Hall–Kier alpha value is -3.02. The fraction of sp³-hybridized carbons (Fsp3) is 0.417. The fourth-order valence-electron chi connectivity index (χ4n) is 3.95. The Balaban J connectivity index is 1.69. The molecule has 2 atom stereocenters. The number of methoxy groups -OCH3 is 1. The molecular weight excluding hydrogens is 378 g/mol. The van der Waals surface area contributed by atoms with Crippen molar-refractivity contribution in [2.75, 3.05) is 19.1 Å². The maximum absolute atomic E-state index is 13.3. The third kappa shape index (κ3) is 5.32. The van der Waals surface area contributed by atoms with Crippen LogP contribution in [-0.2, 0) is 4.79 Å². The number of nitrogens with one attached hydrogen (secondary N) is 2. The van der Waals surface area contributed by atoms with Gasteiger partial charge in [-0.05, 0) is 63.1 Å². The molecule has 0 radical (unpaired) electrons. The lowest BCUT2D eigenvalue weighted by molar-refractivity contribution is -0.135. The zero-order valence-electron chi connectivity index (χ0n) is 18.0. The minimum Gasteiger partial charge on any atom is -0.497 e. The number of benzene rings is 2. The molecule has 2 N–H and O–H groups in total. The van der Waals surface area contributed by atoms with Crippen molar-refractivity contribution in [3.05, 3.63) is 59.7 Å². The van der Waals surface area contributed by atoms with E-state index in [1.165, 1.54) is 0 Å². The number of hydrogen-bond donors (Lipinski definition) is 2. The zero-order chi connectivity index (χ0) is 21.5. The van der Waals surface area contributed by atoms with Gasteiger partial charge in [0.25, 0.3) is 5.91 Å². The van der Waals surface area contributed by atoms with E-state index in [0.717, 1.165) is 42.7 Å². The Morgan fingerprint density at radius 2 is 1.83 bits per heavy atom. The number of hydrazine groups is 1. The van der Waals surface area contributed by atoms with Gasteiger partial charge in [0.1, 0.15) is 5.75 Å². The van der Waals surface area contributed by atoms with E-state index in [4.69, 9.17) is 4.74 Å². The monoisotopic (exact) mass is 409 g/mol. The first-order valence-corrected chi connectivity index (χ1v) is 10.6. The van der Waals surface area contributed by atoms with Crippen LogP contribution in [0.1, 0.15) is 48.5 Å². The van der Waals surface area contributed by atoms with Gasteiger partial charge in [0.15, 0.2) is 0 Å². The highest BCUT2D eigenvalue weighted by atomic mass is 16.5. The Morgan fingerprint density at radius 3 is 2.50 bits per heavy atom. The van der Waals surface area contributed by atoms with E-state index < -0.39 is 0 Å². The molecule has 0 bridgehead atoms. The van der Waals surface area contributed by atoms with Gasteiger partial charge in [0.05, 0.1) is 18.7 Å². The second kappa shape index (κ2) is 10.1. The van der Waals surface area contributed by atoms with E-state index in [9.17, 15) is 9.59 Å². The van der Waals surface area contributed by atoms with Gasteiger partial charge in [-0.25, -0.2) is 0 Å². The standard InChI is InChI=1S/C24H31N3O3/c1-4-27(26-19-12-14-20(30-3)15-13-19)24(29)21-10-5-6-11-22(21)25-23(28)18-9-7-8-17(2)16-18/h7-9,12-16,21-22,26H,4-6,10-11H2,1-3H3,(H,25,28). The Labute approximate surface area is 178 Å². The topological polar surface area (TPSA) is 70.7 Å². The molecule has 2 aromatic rings. The van der Waals surface area contributed by atoms with E-state index in [0.29, 0.717) is 12.1 Å². The average Bonchev–Trinajstić information content (AvgIpc) is 2.77. The largest absolute Gasteiger partial charge is 0.497 e. The number of rotatable bonds is 7. The van der Waals surface area contributed by atoms with E-state index >= 15 is 0 Å². The molecule has 1 aliphatic carbocycles. The molecule has 2 unspecified atom stereocenters. The van der Waals surface area contributed by atoms with Gasteiger partial charge in [-0.3, -0.25) is 20.0 Å². The summed E-state index contributed by atoms with van der Waals surface area (Å²) in [5.41, 5.74) is 5.70. The van der Waals surface area contributed by atoms with Crippen LogP contribution in [0.4, 0.5) is 5.69 Å². The normalized spacial score (nSPS) is 18.4. The Bertz CT molecular complexity index is 866. The summed E-state index contributed by atoms with van der Waals surface area (Å²) >= 11 is 0. The maximum atomic E-state index is 13.3. The summed E-state index contributed by atoms with van der Waals surface area (Å²) in [7, 11) is 1.62. The number of aryl methyl sites for hydroxylation is 1. The lowest BCUT2D eigenvalue weighted by atomic mass is 9.83. The number of anilines is 1. The van der Waals surface area contributed by atoms with Crippen LogP contribution in [0, 0.1) is 12.8 Å². The van der Waals surface area contributed by atoms with Crippen LogP contribution >= 0.6 is 0 Å². The van der Waals surface area contributed by atoms with Crippen LogP contribution in [0.2, 0.25) is 0 Å². The second-order valence-corrected chi connectivity index (χ2v) is 7.76. The fourth-order valence-corrected chi connectivity index (χ4v) is 3.95. The third-order valence-electron chi connectivity index (χ3n) is 5.62. The number of amides is 2. The highest BCUT2D eigenvalue weighted by molar-refractivity contribution is 5.95. The molecule has 6 heteroatoms. The van der Waals surface area contributed by atoms with Crippen LogP contribution in [0.3, 0.4) is 0 Å². The first-order valence-electron chi connectivity index (χ1n) is 10.6. The van der Waals surface area contributed by atoms with Crippen molar-refractivity contribution in [2.45, 2.75) is 45.6 Å². The van der Waals surface area contributed by atoms with Gasteiger partial charge in [-0.1, -0.05) is 30.5 Å². The van der Waals surface area contributed by atoms with Gasteiger partial charge in [0, 0.05) is 18.2 Å². The van der Waals surface area contributed by atoms with Crippen LogP contribution in [0.15, 0.2) is 48.5 Å². The van der Waals surface area contributed by atoms with Gasteiger partial charge >= 0.3 is 0 Å². The van der Waals surface area contributed by atoms with E-state index in [1.807, 2.05) is 62.4 Å². The third-order valence-corrected chi connectivity index (χ3v) is 5.62. The minimum atomic E-state index is -0.238. The average molecular weight is 410 g/mol. The van der Waals surface area contributed by atoms with Crippen LogP contribution in [0.5, 0.6) is 5.75 Å². The number of hydrogen-bond acceptors (Lipinski definition) is 4. The molecule has 1 aliphatic rings. The quantitative estimate of drug-likeness (QED) is 0.674. The Kier molecular flexibility index (Phi) is 7.33. The number of carbonyl (C=O) groups excluding carboxylic acids is 2. The summed E-state index contributed by atoms with van der Waals surface area (Å²) in [6.45, 7) is 4.44. The molecule has 0 heterocycles. The smallest absolute Gasteiger partial charge is 0.251 e. The van der Waals surface area contributed by atoms with Crippen molar-refractivity contribution in [3.8, 4) is 5.75 Å². The van der Waals surface area contributed by atoms with E-state index in [-0.39, 0.29) is 23.8 Å². The zero-order valence-corrected chi connectivity index (χ0v) is 18.0. The SMILES string of the molecule is CCN(Nc1ccc(OC)cc1)C(=O)C1CCCCC1NC(=O)c1cccc(C)c1. The lowest BCUT2D eigenvalue weighted by Gasteiger charge is -2.35. The van der Waals surface area contributed by atoms with Crippen molar-refractivity contribution in [1.29, 1.82) is 0 Å². The summed E-state index contributed by atoms with van der Waals surface area (Å²) in [5.74, 6) is 0.427. The van der Waals surface area contributed by atoms with Crippen molar-refractivity contribution in [3.63, 3.8) is 0 Å². The van der Waals surface area contributed by atoms with Crippen LogP contribution < -0.4 is 15.5 Å². The highest BCUT2D eigenvalue weighted by Crippen LogP contribution is 2.27. The summed E-state index contributed by atoms with van der Waals surface area (Å²) in [5, 5.41) is 4.76. The van der Waals surface area contributed by atoms with E-state index in [2.05, 4.69) is 10.7 Å². The molecule has 30 heavy (non-hydrogen) atoms. The van der Waals surface area contributed by atoms with Crippen molar-refractivity contribution in [2.24, 2.45) is 5.92 Å². The van der Waals surface area contributed by atoms with Gasteiger partial charge in [-0.2, -0.15) is 0 Å². The molecule has 0 aromatic heterocycles. The Morgan fingerprint density at radius 1 is 1.10 bits per heavy atom. The highest BCUT2D eigenvalue weighted by Gasteiger charge is 2.34. The van der Waals surface area contributed by atoms with Crippen molar-refractivity contribution in [1.82, 2.24) is 10.3 Å². The van der Waals surface area contributed by atoms with Crippen molar-refractivity contribution < 1.29 is 14.3 Å². The number of nitrogens with zero attached hydrogens (tertiary/aromatic N) is 1. The number of carbonyl (C=O) groups is 2. The van der Waals surface area contributed by atoms with Gasteiger partial charge < -0.3 is 10.1 Å². The minimum absolute atomic E-state index is 0.0163. The summed E-state index contributed by atoms with van der Waals surface area (Å²) < 4.78 is 5.19. The summed E-state index contributed by atoms with van der Waals surface area (Å²) in [4.78, 5) is 26.1. The first kappa shape index (κ1) is 21.7. The number of ether oxygens (including phenoxy) is 1. The van der Waals surface area contributed by atoms with Gasteiger partial charge in [-0.15, -0.1) is 0 Å². The van der Waals surface area contributed by atoms with E-state index in [1.54, 1.807) is 12.1 Å². The van der Waals surface area contributed by atoms with Gasteiger partial charge in [0.2, 0.25) is 5.91 Å². The molecule has 2 aromatic carbocycles. The van der Waals surface area contributed by atoms with Crippen molar-refractivity contribution >= 4 is 17.5 Å².